The predicted octanol–water partition coefficient (Wildman–Crippen LogP) is 2.54. The number of carbonyl (C=O) groups is 2. The number of hydrogen-bond donors (Lipinski definition) is 5. The molecule has 1 aromatic heterocycles. The lowest BCUT2D eigenvalue weighted by atomic mass is 9.90. The minimum absolute atomic E-state index is 0.0944. The van der Waals surface area contributed by atoms with Gasteiger partial charge in [-0.15, -0.1) is 0 Å². The summed E-state index contributed by atoms with van der Waals surface area (Å²) in [5.74, 6) is 0.603. The fraction of sp³-hybridized carbons (Fsp3) is 0.447. The van der Waals surface area contributed by atoms with E-state index in [4.69, 9.17) is 26.7 Å². The number of nitrogens with two attached hydrogens (primary N) is 3. The number of morpholine rings is 1. The van der Waals surface area contributed by atoms with Gasteiger partial charge < -0.3 is 41.6 Å². The minimum Gasteiger partial charge on any atom is -0.507 e. The standard InChI is InChI=1S/C25H35N7O2.C13H14N2O3/c26-22(21-8-4-5-9-24(21)33)10-23(25(27)28)31-14-18(11-29-31)30-12-19-15-34-16-20(13-30)32(19)17-6-2-1-3-7-17;16-12-6-5-10(13(17)14-12)15-7-8-18-11-4-2-1-3-9(11)15/h4-5,8-11,14,17,19-20,33H,1-3,6-7,12-13,15-16,26-28H2;1-4,10H,5-8H2,(H,14,16,17)/b22-10-;. The number of hydrogen-bond acceptors (Lipinski definition) is 12. The Morgan fingerprint density at radius 1 is 0.923 bits per heavy atom. The van der Waals surface area contributed by atoms with Gasteiger partial charge in [-0.1, -0.05) is 43.5 Å². The molecule has 3 aromatic rings. The normalized spacial score (nSPS) is 23.8. The van der Waals surface area contributed by atoms with E-state index in [1.54, 1.807) is 29.0 Å². The summed E-state index contributed by atoms with van der Waals surface area (Å²) in [7, 11) is 0. The molecule has 2 amide bonds. The second kappa shape index (κ2) is 15.6. The van der Waals surface area contributed by atoms with Crippen LogP contribution in [0.25, 0.3) is 11.4 Å². The first-order chi connectivity index (χ1) is 25.3. The molecule has 3 unspecified atom stereocenters. The number of ether oxygens (including phenoxy) is 2. The molecule has 3 saturated heterocycles. The number of phenols is 1. The number of para-hydroxylation sites is 3. The summed E-state index contributed by atoms with van der Waals surface area (Å²) in [6, 6.07) is 15.8. The number of carbonyl (C=O) groups excluding carboxylic acids is 2. The summed E-state index contributed by atoms with van der Waals surface area (Å²) in [4.78, 5) is 30.2. The zero-order chi connectivity index (χ0) is 36.2. The van der Waals surface area contributed by atoms with Crippen molar-refractivity contribution in [3.05, 3.63) is 78.4 Å². The maximum atomic E-state index is 11.9. The van der Waals surface area contributed by atoms with E-state index in [9.17, 15) is 14.7 Å². The molecule has 14 nitrogen and oxygen atoms in total. The lowest BCUT2D eigenvalue weighted by molar-refractivity contribution is -0.134. The first-order valence-corrected chi connectivity index (χ1v) is 18.2. The highest BCUT2D eigenvalue weighted by Gasteiger charge is 2.42. The quantitative estimate of drug-likeness (QED) is 0.186. The number of allylic oxidation sites excluding steroid dienone is 2. The van der Waals surface area contributed by atoms with Crippen LogP contribution in [0.3, 0.4) is 0 Å². The molecule has 0 spiro atoms. The molecular formula is C38H49N9O5. The second-order valence-corrected chi connectivity index (χ2v) is 14.1. The van der Waals surface area contributed by atoms with Gasteiger partial charge in [0.05, 0.1) is 55.6 Å². The Morgan fingerprint density at radius 3 is 2.38 bits per heavy atom. The summed E-state index contributed by atoms with van der Waals surface area (Å²) >= 11 is 0. The van der Waals surface area contributed by atoms with Crippen LogP contribution in [0, 0.1) is 0 Å². The predicted molar refractivity (Wildman–Crippen MR) is 199 cm³/mol. The number of aromatic hydroxyl groups is 1. The highest BCUT2D eigenvalue weighted by atomic mass is 16.5. The van der Waals surface area contributed by atoms with Crippen molar-refractivity contribution in [2.24, 2.45) is 17.2 Å². The Balaban J connectivity index is 0.000000196. The first-order valence-electron chi connectivity index (χ1n) is 18.2. The summed E-state index contributed by atoms with van der Waals surface area (Å²) < 4.78 is 13.2. The largest absolute Gasteiger partial charge is 0.507 e. The number of fused-ring (bicyclic) bond motifs is 3. The van der Waals surface area contributed by atoms with Crippen LogP contribution >= 0.6 is 0 Å². The summed E-state index contributed by atoms with van der Waals surface area (Å²) in [6.45, 7) is 4.60. The SMILES string of the molecule is NC(N)=C(/C=C(\N)c1ccccc1O)n1cc(N2CC3COCC(C2)N3C2CCCCC2)cn1.O=C1CCC(N2CCOc3ccccc32)C(=O)N1. The summed E-state index contributed by atoms with van der Waals surface area (Å²) in [5, 5.41) is 17.1. The van der Waals surface area contributed by atoms with Crippen LogP contribution in [0.2, 0.25) is 0 Å². The number of aromatic nitrogens is 2. The number of amides is 2. The fourth-order valence-electron chi connectivity index (χ4n) is 8.20. The summed E-state index contributed by atoms with van der Waals surface area (Å²) in [6.07, 6.45) is 13.1. The van der Waals surface area contributed by atoms with Crippen LogP contribution < -0.4 is 37.1 Å². The van der Waals surface area contributed by atoms with E-state index in [1.165, 1.54) is 32.1 Å². The number of piperazine rings is 1. The third kappa shape index (κ3) is 7.53. The van der Waals surface area contributed by atoms with Crippen LogP contribution in [0.4, 0.5) is 11.4 Å². The smallest absolute Gasteiger partial charge is 0.249 e. The molecule has 4 aliphatic heterocycles. The average molecular weight is 712 g/mol. The molecule has 5 heterocycles. The highest BCUT2D eigenvalue weighted by Crippen LogP contribution is 2.35. The van der Waals surface area contributed by atoms with Gasteiger partial charge in [-0.3, -0.25) is 19.8 Å². The van der Waals surface area contributed by atoms with Crippen molar-refractivity contribution in [3.8, 4) is 11.5 Å². The van der Waals surface area contributed by atoms with Gasteiger partial charge in [0, 0.05) is 36.8 Å². The van der Waals surface area contributed by atoms with E-state index < -0.39 is 0 Å². The van der Waals surface area contributed by atoms with E-state index in [1.807, 2.05) is 47.6 Å². The minimum atomic E-state index is -0.271. The van der Waals surface area contributed by atoms with Gasteiger partial charge in [-0.25, -0.2) is 4.68 Å². The van der Waals surface area contributed by atoms with E-state index in [2.05, 4.69) is 20.2 Å². The van der Waals surface area contributed by atoms with E-state index in [0.29, 0.717) is 61.1 Å². The zero-order valence-corrected chi connectivity index (χ0v) is 29.4. The third-order valence-electron chi connectivity index (χ3n) is 10.7. The Morgan fingerprint density at radius 2 is 1.65 bits per heavy atom. The van der Waals surface area contributed by atoms with Crippen LogP contribution in [0.15, 0.2) is 72.8 Å². The van der Waals surface area contributed by atoms with E-state index >= 15 is 0 Å². The van der Waals surface area contributed by atoms with Crippen molar-refractivity contribution >= 4 is 34.6 Å². The van der Waals surface area contributed by atoms with Crippen LogP contribution in [0.1, 0.15) is 50.5 Å². The molecular weight excluding hydrogens is 662 g/mol. The Bertz CT molecular complexity index is 1800. The number of rotatable bonds is 6. The van der Waals surface area contributed by atoms with Crippen molar-refractivity contribution in [2.75, 3.05) is 49.3 Å². The van der Waals surface area contributed by atoms with Crippen molar-refractivity contribution < 1.29 is 24.2 Å². The molecule has 2 aromatic carbocycles. The lowest BCUT2D eigenvalue weighted by Crippen LogP contribution is -2.67. The Labute approximate surface area is 303 Å². The molecule has 276 valence electrons. The molecule has 14 heteroatoms. The molecule has 1 aliphatic carbocycles. The van der Waals surface area contributed by atoms with Crippen molar-refractivity contribution in [3.63, 3.8) is 0 Å². The van der Waals surface area contributed by atoms with Gasteiger partial charge in [0.15, 0.2) is 0 Å². The summed E-state index contributed by atoms with van der Waals surface area (Å²) in [5.41, 5.74) is 21.5. The van der Waals surface area contributed by atoms with Gasteiger partial charge in [0.1, 0.15) is 35.7 Å². The zero-order valence-electron chi connectivity index (χ0n) is 29.4. The lowest BCUT2D eigenvalue weighted by Gasteiger charge is -2.53. The molecule has 8 N–H and O–H groups in total. The number of nitrogens with one attached hydrogen (secondary N) is 1. The number of piperidine rings is 1. The topological polar surface area (TPSA) is 190 Å². The number of anilines is 2. The van der Waals surface area contributed by atoms with Crippen LogP contribution in [0.5, 0.6) is 11.5 Å². The van der Waals surface area contributed by atoms with Gasteiger partial charge in [-0.2, -0.15) is 5.10 Å². The molecule has 1 saturated carbocycles. The van der Waals surface area contributed by atoms with Crippen molar-refractivity contribution in [1.29, 1.82) is 0 Å². The Kier molecular flexibility index (Phi) is 10.5. The highest BCUT2D eigenvalue weighted by molar-refractivity contribution is 6.01. The monoisotopic (exact) mass is 711 g/mol. The van der Waals surface area contributed by atoms with Gasteiger partial charge in [0.25, 0.3) is 0 Å². The number of nitrogens with zero attached hydrogens (tertiary/aromatic N) is 5. The van der Waals surface area contributed by atoms with E-state index in [-0.39, 0.29) is 29.4 Å². The molecule has 4 fully saturated rings. The first kappa shape index (κ1) is 35.2. The number of benzene rings is 2. The van der Waals surface area contributed by atoms with Gasteiger partial charge in [0.2, 0.25) is 11.8 Å². The third-order valence-corrected chi connectivity index (χ3v) is 10.7. The maximum Gasteiger partial charge on any atom is 0.249 e. The van der Waals surface area contributed by atoms with Gasteiger partial charge in [-0.05, 0) is 49.6 Å². The average Bonchev–Trinajstić information content (AvgIpc) is 3.64. The van der Waals surface area contributed by atoms with Crippen molar-refractivity contribution in [1.82, 2.24) is 20.0 Å². The second-order valence-electron chi connectivity index (χ2n) is 14.1. The molecule has 52 heavy (non-hydrogen) atoms. The Hall–Kier alpha value is -5.21. The number of imide groups is 1. The molecule has 2 bridgehead atoms. The maximum absolute atomic E-state index is 11.9. The molecule has 3 atom stereocenters. The van der Waals surface area contributed by atoms with Gasteiger partial charge >= 0.3 is 0 Å². The van der Waals surface area contributed by atoms with E-state index in [0.717, 1.165) is 43.4 Å². The molecule has 8 rings (SSSR count). The fourth-order valence-corrected chi connectivity index (χ4v) is 8.20. The van der Waals surface area contributed by atoms with Crippen LogP contribution in [-0.2, 0) is 14.3 Å². The molecule has 0 radical (unpaired) electrons. The van der Waals surface area contributed by atoms with Crippen molar-refractivity contribution in [2.45, 2.75) is 69.1 Å². The number of phenolic OH excluding ortho intramolecular Hbond substituents is 1. The molecule has 5 aliphatic rings. The van der Waals surface area contributed by atoms with Crippen LogP contribution in [-0.4, -0.2) is 95.2 Å².